The van der Waals surface area contributed by atoms with Gasteiger partial charge in [-0.25, -0.2) is 4.79 Å². The van der Waals surface area contributed by atoms with Crippen LogP contribution in [0.15, 0.2) is 47.5 Å². The van der Waals surface area contributed by atoms with E-state index in [2.05, 4.69) is 17.4 Å². The van der Waals surface area contributed by atoms with Gasteiger partial charge in [-0.2, -0.15) is 0 Å². The number of hydrogen-bond donors (Lipinski definition) is 1. The van der Waals surface area contributed by atoms with Crippen LogP contribution >= 0.6 is 0 Å². The minimum atomic E-state index is 0.0685. The Bertz CT molecular complexity index is 527. The van der Waals surface area contributed by atoms with Crippen LogP contribution in [0.2, 0.25) is 0 Å². The van der Waals surface area contributed by atoms with Gasteiger partial charge in [-0.1, -0.05) is 30.3 Å². The molecule has 0 spiro atoms. The Balaban J connectivity index is 1.79. The molecule has 0 aliphatic rings. The Labute approximate surface area is 107 Å². The van der Waals surface area contributed by atoms with Crippen molar-refractivity contribution in [1.82, 2.24) is 14.5 Å². The molecule has 1 N–H and O–H groups in total. The Morgan fingerprint density at radius 2 is 1.83 bits per heavy atom. The summed E-state index contributed by atoms with van der Waals surface area (Å²) in [5.41, 5.74) is 1.33. The van der Waals surface area contributed by atoms with E-state index in [1.807, 2.05) is 37.5 Å². The Kier molecular flexibility index (Phi) is 4.36. The summed E-state index contributed by atoms with van der Waals surface area (Å²) >= 11 is 0. The Morgan fingerprint density at radius 3 is 2.50 bits per heavy atom. The molecule has 0 aliphatic heterocycles. The van der Waals surface area contributed by atoms with Crippen molar-refractivity contribution in [1.29, 1.82) is 0 Å². The highest BCUT2D eigenvalue weighted by Crippen LogP contribution is 1.96. The molecule has 0 aliphatic carbocycles. The second-order valence-electron chi connectivity index (χ2n) is 4.22. The quantitative estimate of drug-likeness (QED) is 0.783. The molecule has 96 valence electrons. The number of aryl methyl sites for hydroxylation is 1. The van der Waals surface area contributed by atoms with Crippen LogP contribution in [0.4, 0.5) is 0 Å². The van der Waals surface area contributed by atoms with E-state index in [-0.39, 0.29) is 5.69 Å². The fourth-order valence-electron chi connectivity index (χ4n) is 1.89. The summed E-state index contributed by atoms with van der Waals surface area (Å²) in [6.07, 6.45) is 3.68. The zero-order chi connectivity index (χ0) is 12.8. The van der Waals surface area contributed by atoms with Crippen molar-refractivity contribution in [3.63, 3.8) is 0 Å². The molecule has 4 heteroatoms. The molecule has 2 aromatic rings. The number of benzene rings is 1. The molecule has 0 bridgehead atoms. The summed E-state index contributed by atoms with van der Waals surface area (Å²) in [5, 5.41) is 3.34. The van der Waals surface area contributed by atoms with Crippen LogP contribution in [0.3, 0.4) is 0 Å². The molecule has 1 aromatic heterocycles. The van der Waals surface area contributed by atoms with Gasteiger partial charge in [0, 0.05) is 38.6 Å². The topological polar surface area (TPSA) is 39.0 Å². The van der Waals surface area contributed by atoms with E-state index in [0.29, 0.717) is 6.54 Å². The van der Waals surface area contributed by atoms with Crippen LogP contribution in [0.1, 0.15) is 12.5 Å². The average molecular weight is 245 g/mol. The van der Waals surface area contributed by atoms with Crippen LogP contribution in [-0.2, 0) is 19.6 Å². The van der Waals surface area contributed by atoms with Crippen molar-refractivity contribution in [2.24, 2.45) is 0 Å². The normalized spacial score (nSPS) is 10.7. The third kappa shape index (κ3) is 3.11. The smallest absolute Gasteiger partial charge is 0.311 e. The molecule has 0 saturated carbocycles. The summed E-state index contributed by atoms with van der Waals surface area (Å²) in [5.74, 6) is 0. The summed E-state index contributed by atoms with van der Waals surface area (Å²) in [7, 11) is 0. The van der Waals surface area contributed by atoms with Gasteiger partial charge < -0.3 is 5.32 Å². The minimum absolute atomic E-state index is 0.0685. The maximum atomic E-state index is 11.8. The number of nitrogens with zero attached hydrogens (tertiary/aromatic N) is 2. The lowest BCUT2D eigenvalue weighted by Gasteiger charge is -2.05. The summed E-state index contributed by atoms with van der Waals surface area (Å²) in [6.45, 7) is 5.04. The molecule has 4 nitrogen and oxygen atoms in total. The van der Waals surface area contributed by atoms with E-state index in [4.69, 9.17) is 0 Å². The fraction of sp³-hybridized carbons (Fsp3) is 0.357. The zero-order valence-electron chi connectivity index (χ0n) is 10.7. The summed E-state index contributed by atoms with van der Waals surface area (Å²) in [6, 6.07) is 10.3. The summed E-state index contributed by atoms with van der Waals surface area (Å²) < 4.78 is 3.44. The first-order chi connectivity index (χ1) is 8.81. The first-order valence-corrected chi connectivity index (χ1v) is 6.31. The van der Waals surface area contributed by atoms with Gasteiger partial charge >= 0.3 is 5.69 Å². The third-order valence-electron chi connectivity index (χ3n) is 2.96. The van der Waals surface area contributed by atoms with Crippen LogP contribution in [0.5, 0.6) is 0 Å². The lowest BCUT2D eigenvalue weighted by Crippen LogP contribution is -2.28. The maximum absolute atomic E-state index is 11.8. The first-order valence-electron chi connectivity index (χ1n) is 6.31. The van der Waals surface area contributed by atoms with Crippen molar-refractivity contribution >= 4 is 0 Å². The Hall–Kier alpha value is -1.81. The SMILES string of the molecule is CCn1ccn(CCNCc2ccccc2)c1=O. The minimum Gasteiger partial charge on any atom is -0.311 e. The highest BCUT2D eigenvalue weighted by Gasteiger charge is 2.00. The maximum Gasteiger partial charge on any atom is 0.328 e. The number of imidazole rings is 1. The van der Waals surface area contributed by atoms with Crippen molar-refractivity contribution in [2.45, 2.75) is 26.6 Å². The second kappa shape index (κ2) is 6.21. The number of hydrogen-bond acceptors (Lipinski definition) is 2. The average Bonchev–Trinajstić information content (AvgIpc) is 2.77. The van der Waals surface area contributed by atoms with Crippen LogP contribution < -0.4 is 11.0 Å². The standard InChI is InChI=1S/C14H19N3O/c1-2-16-10-11-17(14(16)18)9-8-15-12-13-6-4-3-5-7-13/h3-7,10-11,15H,2,8-9,12H2,1H3. The molecule has 18 heavy (non-hydrogen) atoms. The molecule has 0 fully saturated rings. The lowest BCUT2D eigenvalue weighted by atomic mass is 10.2. The third-order valence-corrected chi connectivity index (χ3v) is 2.96. The predicted molar refractivity (Wildman–Crippen MR) is 72.5 cm³/mol. The predicted octanol–water partition coefficient (Wildman–Crippen LogP) is 1.46. The van der Waals surface area contributed by atoms with Crippen LogP contribution in [0, 0.1) is 0 Å². The van der Waals surface area contributed by atoms with Gasteiger partial charge in [0.25, 0.3) is 0 Å². The molecule has 0 unspecified atom stereocenters. The van der Waals surface area contributed by atoms with Gasteiger partial charge in [-0.05, 0) is 12.5 Å². The van der Waals surface area contributed by atoms with Crippen molar-refractivity contribution in [2.75, 3.05) is 6.54 Å². The summed E-state index contributed by atoms with van der Waals surface area (Å²) in [4.78, 5) is 11.8. The number of rotatable bonds is 6. The molecular formula is C14H19N3O. The highest BCUT2D eigenvalue weighted by atomic mass is 16.1. The molecule has 1 heterocycles. The van der Waals surface area contributed by atoms with Gasteiger partial charge in [0.2, 0.25) is 0 Å². The largest absolute Gasteiger partial charge is 0.328 e. The van der Waals surface area contributed by atoms with Crippen molar-refractivity contribution in [3.8, 4) is 0 Å². The van der Waals surface area contributed by atoms with Crippen molar-refractivity contribution in [3.05, 3.63) is 58.8 Å². The van der Waals surface area contributed by atoms with Crippen LogP contribution in [0.25, 0.3) is 0 Å². The fourth-order valence-corrected chi connectivity index (χ4v) is 1.89. The van der Waals surface area contributed by atoms with E-state index in [1.54, 1.807) is 9.13 Å². The van der Waals surface area contributed by atoms with Gasteiger partial charge in [0.05, 0.1) is 0 Å². The van der Waals surface area contributed by atoms with E-state index >= 15 is 0 Å². The molecule has 1 aromatic carbocycles. The van der Waals surface area contributed by atoms with Crippen LogP contribution in [-0.4, -0.2) is 15.7 Å². The van der Waals surface area contributed by atoms with Gasteiger partial charge in [-0.3, -0.25) is 9.13 Å². The van der Waals surface area contributed by atoms with Crippen molar-refractivity contribution < 1.29 is 0 Å². The van der Waals surface area contributed by atoms with Gasteiger partial charge in [-0.15, -0.1) is 0 Å². The number of aromatic nitrogens is 2. The molecular weight excluding hydrogens is 226 g/mol. The second-order valence-corrected chi connectivity index (χ2v) is 4.22. The molecule has 0 saturated heterocycles. The monoisotopic (exact) mass is 245 g/mol. The molecule has 2 rings (SSSR count). The zero-order valence-corrected chi connectivity index (χ0v) is 10.7. The van der Waals surface area contributed by atoms with Gasteiger partial charge in [0.1, 0.15) is 0 Å². The molecule has 0 amide bonds. The Morgan fingerprint density at radius 1 is 1.11 bits per heavy atom. The van der Waals surface area contributed by atoms with E-state index in [1.165, 1.54) is 5.56 Å². The molecule has 0 radical (unpaired) electrons. The highest BCUT2D eigenvalue weighted by molar-refractivity contribution is 5.14. The molecule has 0 atom stereocenters. The first kappa shape index (κ1) is 12.6. The van der Waals surface area contributed by atoms with E-state index in [0.717, 1.165) is 19.6 Å². The van der Waals surface area contributed by atoms with Gasteiger partial charge in [0.15, 0.2) is 0 Å². The lowest BCUT2D eigenvalue weighted by molar-refractivity contribution is 0.571. The van der Waals surface area contributed by atoms with E-state index in [9.17, 15) is 4.79 Å². The number of nitrogens with one attached hydrogen (secondary N) is 1. The van der Waals surface area contributed by atoms with E-state index < -0.39 is 0 Å².